The summed E-state index contributed by atoms with van der Waals surface area (Å²) in [6.07, 6.45) is 5.17. The Kier molecular flexibility index (Phi) is 3.58. The van der Waals surface area contributed by atoms with Gasteiger partial charge in [0.25, 0.3) is 5.89 Å². The molecule has 2 saturated carbocycles. The Bertz CT molecular complexity index is 889. The van der Waals surface area contributed by atoms with Crippen LogP contribution in [0, 0.1) is 13.8 Å². The van der Waals surface area contributed by atoms with E-state index in [0.717, 1.165) is 25.7 Å². The Balaban J connectivity index is 1.76. The smallest absolute Gasteiger partial charge is 0.264 e. The van der Waals surface area contributed by atoms with Gasteiger partial charge in [0.15, 0.2) is 0 Å². The molecule has 0 spiro atoms. The average molecular weight is 350 g/mol. The van der Waals surface area contributed by atoms with E-state index in [-0.39, 0.29) is 6.04 Å². The van der Waals surface area contributed by atoms with Crippen molar-refractivity contribution in [2.24, 2.45) is 7.05 Å². The second-order valence-electron chi connectivity index (χ2n) is 6.92. The van der Waals surface area contributed by atoms with Crippen molar-refractivity contribution in [2.75, 3.05) is 0 Å². The zero-order valence-electron chi connectivity index (χ0n) is 14.2. The van der Waals surface area contributed by atoms with E-state index in [4.69, 9.17) is 4.42 Å². The second-order valence-corrected chi connectivity index (χ2v) is 8.57. The average Bonchev–Trinajstić information content (AvgIpc) is 3.06. The highest BCUT2D eigenvalue weighted by atomic mass is 32.2. The lowest BCUT2D eigenvalue weighted by Gasteiger charge is -2.20. The zero-order valence-corrected chi connectivity index (χ0v) is 15.0. The predicted octanol–water partition coefficient (Wildman–Crippen LogP) is 2.40. The number of sulfonamides is 1. The number of hydrogen-bond acceptors (Lipinski definition) is 5. The van der Waals surface area contributed by atoms with E-state index in [1.807, 2.05) is 11.6 Å². The molecule has 0 amide bonds. The van der Waals surface area contributed by atoms with Gasteiger partial charge in [-0.05, 0) is 39.5 Å². The third kappa shape index (κ3) is 2.48. The topological polar surface area (TPSA) is 90.0 Å². The number of rotatable bonds is 5. The molecule has 0 aromatic carbocycles. The van der Waals surface area contributed by atoms with Gasteiger partial charge < -0.3 is 8.98 Å². The van der Waals surface area contributed by atoms with Gasteiger partial charge in [0.1, 0.15) is 10.6 Å². The highest BCUT2D eigenvalue weighted by Crippen LogP contribution is 2.38. The first-order chi connectivity index (χ1) is 11.4. The van der Waals surface area contributed by atoms with Crippen LogP contribution in [0.15, 0.2) is 9.31 Å². The van der Waals surface area contributed by atoms with Gasteiger partial charge in [-0.1, -0.05) is 6.42 Å². The summed E-state index contributed by atoms with van der Waals surface area (Å²) in [6.45, 7) is 3.61. The van der Waals surface area contributed by atoms with Gasteiger partial charge in [-0.2, -0.15) is 0 Å². The van der Waals surface area contributed by atoms with E-state index in [1.54, 1.807) is 13.8 Å². The van der Waals surface area contributed by atoms with Crippen LogP contribution in [0.1, 0.15) is 55.2 Å². The summed E-state index contributed by atoms with van der Waals surface area (Å²) < 4.78 is 35.8. The van der Waals surface area contributed by atoms with Crippen LogP contribution in [0.3, 0.4) is 0 Å². The summed E-state index contributed by atoms with van der Waals surface area (Å²) in [5, 5.41) is 8.33. The van der Waals surface area contributed by atoms with Crippen LogP contribution in [0.25, 0.3) is 11.6 Å². The number of nitrogens with one attached hydrogen (secondary N) is 1. The Labute approximate surface area is 141 Å². The number of hydrogen-bond donors (Lipinski definition) is 1. The van der Waals surface area contributed by atoms with E-state index in [9.17, 15) is 8.42 Å². The molecular weight excluding hydrogens is 328 g/mol. The minimum atomic E-state index is -3.53. The summed E-state index contributed by atoms with van der Waals surface area (Å²) in [4.78, 5) is 0.329. The molecule has 0 aliphatic heterocycles. The third-order valence-corrected chi connectivity index (χ3v) is 6.91. The molecule has 2 aromatic rings. The fourth-order valence-corrected chi connectivity index (χ4v) is 5.10. The first-order valence-electron chi connectivity index (χ1n) is 8.40. The van der Waals surface area contributed by atoms with Crippen molar-refractivity contribution in [1.29, 1.82) is 0 Å². The van der Waals surface area contributed by atoms with Crippen molar-refractivity contribution in [2.45, 2.75) is 62.8 Å². The fraction of sp³-hybridized carbons (Fsp3) is 0.625. The van der Waals surface area contributed by atoms with Gasteiger partial charge in [0, 0.05) is 30.3 Å². The van der Waals surface area contributed by atoms with Gasteiger partial charge in [-0.15, -0.1) is 10.2 Å². The van der Waals surface area contributed by atoms with E-state index >= 15 is 0 Å². The van der Waals surface area contributed by atoms with Gasteiger partial charge >= 0.3 is 0 Å². The Morgan fingerprint density at radius 1 is 1.17 bits per heavy atom. The minimum absolute atomic E-state index is 0.0751. The van der Waals surface area contributed by atoms with Crippen LogP contribution < -0.4 is 4.72 Å². The van der Waals surface area contributed by atoms with Crippen molar-refractivity contribution in [3.8, 4) is 11.6 Å². The molecule has 4 rings (SSSR count). The van der Waals surface area contributed by atoms with Crippen molar-refractivity contribution in [3.63, 3.8) is 0 Å². The van der Waals surface area contributed by atoms with Crippen LogP contribution in [-0.2, 0) is 17.1 Å². The molecular formula is C16H22N4O3S. The molecule has 2 aliphatic carbocycles. The summed E-state index contributed by atoms with van der Waals surface area (Å²) in [5.41, 5.74) is 2.02. The van der Waals surface area contributed by atoms with Gasteiger partial charge in [-0.25, -0.2) is 13.1 Å². The number of aromatic nitrogens is 3. The molecule has 0 unspecified atom stereocenters. The molecule has 2 heterocycles. The molecule has 24 heavy (non-hydrogen) atoms. The lowest BCUT2D eigenvalue weighted by molar-refractivity contribution is 0.337. The van der Waals surface area contributed by atoms with Crippen molar-refractivity contribution < 1.29 is 12.8 Å². The Morgan fingerprint density at radius 2 is 1.88 bits per heavy atom. The second kappa shape index (κ2) is 5.42. The standard InChI is InChI=1S/C16H22N4O3S/c1-9-13(16-18-17-15(23-16)11-5-4-6-11)20(3)10(2)14(9)24(21,22)19-12-7-8-12/h11-12,19H,4-8H2,1-3H3. The third-order valence-electron chi connectivity index (χ3n) is 5.13. The Hall–Kier alpha value is -1.67. The largest absolute Gasteiger partial charge is 0.419 e. The summed E-state index contributed by atoms with van der Waals surface area (Å²) >= 11 is 0. The lowest BCUT2D eigenvalue weighted by Crippen LogP contribution is -2.26. The van der Waals surface area contributed by atoms with Crippen LogP contribution in [0.2, 0.25) is 0 Å². The number of nitrogens with zero attached hydrogens (tertiary/aromatic N) is 3. The molecule has 2 aromatic heterocycles. The Morgan fingerprint density at radius 3 is 2.46 bits per heavy atom. The maximum Gasteiger partial charge on any atom is 0.264 e. The quantitative estimate of drug-likeness (QED) is 0.894. The van der Waals surface area contributed by atoms with Gasteiger partial charge in [0.2, 0.25) is 15.9 Å². The van der Waals surface area contributed by atoms with Crippen molar-refractivity contribution in [3.05, 3.63) is 17.1 Å². The van der Waals surface area contributed by atoms with Crippen LogP contribution in [-0.4, -0.2) is 29.2 Å². The molecule has 1 N–H and O–H groups in total. The first-order valence-corrected chi connectivity index (χ1v) is 9.88. The fourth-order valence-electron chi connectivity index (χ4n) is 3.28. The monoisotopic (exact) mass is 350 g/mol. The van der Waals surface area contributed by atoms with E-state index in [1.165, 1.54) is 6.42 Å². The summed E-state index contributed by atoms with van der Waals surface area (Å²) in [7, 11) is -1.70. The normalized spacial score (nSPS) is 18.8. The molecule has 0 atom stereocenters. The maximum atomic E-state index is 12.7. The highest BCUT2D eigenvalue weighted by molar-refractivity contribution is 7.89. The molecule has 0 bridgehead atoms. The van der Waals surface area contributed by atoms with E-state index in [0.29, 0.717) is 39.5 Å². The van der Waals surface area contributed by atoms with Crippen LogP contribution >= 0.6 is 0 Å². The first kappa shape index (κ1) is 15.8. The molecule has 8 heteroatoms. The van der Waals surface area contributed by atoms with Crippen LogP contribution in [0.5, 0.6) is 0 Å². The van der Waals surface area contributed by atoms with Crippen molar-refractivity contribution >= 4 is 10.0 Å². The molecule has 130 valence electrons. The van der Waals surface area contributed by atoms with Crippen LogP contribution in [0.4, 0.5) is 0 Å². The van der Waals surface area contributed by atoms with Crippen molar-refractivity contribution in [1.82, 2.24) is 19.5 Å². The summed E-state index contributed by atoms with van der Waals surface area (Å²) in [5.74, 6) is 1.41. The maximum absolute atomic E-state index is 12.7. The zero-order chi connectivity index (χ0) is 17.1. The van der Waals surface area contributed by atoms with E-state index in [2.05, 4.69) is 14.9 Å². The SMILES string of the molecule is Cc1c(S(=O)(=O)NC2CC2)c(C)n(C)c1-c1nnc(C2CCC2)o1. The molecule has 0 saturated heterocycles. The molecule has 2 fully saturated rings. The van der Waals surface area contributed by atoms with Gasteiger partial charge in [0.05, 0.1) is 0 Å². The highest BCUT2D eigenvalue weighted by Gasteiger charge is 2.34. The minimum Gasteiger partial charge on any atom is -0.419 e. The molecule has 7 nitrogen and oxygen atoms in total. The predicted molar refractivity (Wildman–Crippen MR) is 88.1 cm³/mol. The lowest BCUT2D eigenvalue weighted by atomic mass is 9.85. The molecule has 0 radical (unpaired) electrons. The molecule has 2 aliphatic rings. The summed E-state index contributed by atoms with van der Waals surface area (Å²) in [6, 6.07) is 0.0751. The van der Waals surface area contributed by atoms with Gasteiger partial charge in [-0.3, -0.25) is 0 Å². The van der Waals surface area contributed by atoms with E-state index < -0.39 is 10.0 Å².